The predicted octanol–water partition coefficient (Wildman–Crippen LogP) is 2.53. The average molecular weight is 206 g/mol. The second kappa shape index (κ2) is 7.21. The van der Waals surface area contributed by atoms with E-state index < -0.39 is 0 Å². The van der Waals surface area contributed by atoms with E-state index in [2.05, 4.69) is 6.92 Å². The van der Waals surface area contributed by atoms with Crippen molar-refractivity contribution < 1.29 is 9.84 Å². The molecule has 1 unspecified atom stereocenters. The van der Waals surface area contributed by atoms with E-state index in [1.54, 1.807) is 0 Å². The van der Waals surface area contributed by atoms with Crippen LogP contribution < -0.4 is 0 Å². The molecule has 2 heteroatoms. The number of aliphatic hydroxyl groups excluding tert-OH is 1. The molecule has 0 heterocycles. The Hall–Kier alpha value is -1.12. The Morgan fingerprint density at radius 2 is 2.07 bits per heavy atom. The molecule has 0 aliphatic rings. The minimum Gasteiger partial charge on any atom is -0.393 e. The van der Waals surface area contributed by atoms with Crippen molar-refractivity contribution in [3.05, 3.63) is 48.0 Å². The Labute approximate surface area is 91.2 Å². The van der Waals surface area contributed by atoms with Crippen LogP contribution in [-0.2, 0) is 11.3 Å². The number of hydrogen-bond donors (Lipinski definition) is 1. The molecule has 0 radical (unpaired) electrons. The Kier molecular flexibility index (Phi) is 5.74. The third-order valence-corrected chi connectivity index (χ3v) is 2.07. The summed E-state index contributed by atoms with van der Waals surface area (Å²) in [7, 11) is 0. The molecule has 15 heavy (non-hydrogen) atoms. The summed E-state index contributed by atoms with van der Waals surface area (Å²) in [5, 5.41) is 9.05. The van der Waals surface area contributed by atoms with Crippen LogP contribution in [0.2, 0.25) is 0 Å². The van der Waals surface area contributed by atoms with Crippen molar-refractivity contribution in [2.75, 3.05) is 6.61 Å². The van der Waals surface area contributed by atoms with E-state index in [0.29, 0.717) is 6.61 Å². The zero-order valence-electron chi connectivity index (χ0n) is 9.10. The first-order valence-electron chi connectivity index (χ1n) is 5.30. The third-order valence-electron chi connectivity index (χ3n) is 2.07. The van der Waals surface area contributed by atoms with E-state index in [9.17, 15) is 0 Å². The summed E-state index contributed by atoms with van der Waals surface area (Å²) >= 11 is 0. The van der Waals surface area contributed by atoms with Gasteiger partial charge in [-0.25, -0.2) is 0 Å². The fraction of sp³-hybridized carbons (Fsp3) is 0.385. The van der Waals surface area contributed by atoms with Gasteiger partial charge in [-0.05, 0) is 12.0 Å². The molecule has 0 amide bonds. The molecular formula is C13H18O2. The summed E-state index contributed by atoms with van der Waals surface area (Å²) in [6.45, 7) is 2.63. The minimum absolute atomic E-state index is 0.0311. The second-order valence-electron chi connectivity index (χ2n) is 3.35. The molecule has 82 valence electrons. The van der Waals surface area contributed by atoms with Crippen LogP contribution in [0.4, 0.5) is 0 Å². The lowest BCUT2D eigenvalue weighted by Gasteiger charge is -2.11. The standard InChI is InChI=1S/C13H18O2/c1-2-3-9-13(10-14)15-11-12-7-5-4-6-8-12/h3-9,13-14H,2,10-11H2,1H3/b9-3-. The van der Waals surface area contributed by atoms with Crippen molar-refractivity contribution in [2.45, 2.75) is 26.1 Å². The SMILES string of the molecule is CC/C=C\C(CO)OCc1ccccc1. The Balaban J connectivity index is 2.37. The van der Waals surface area contributed by atoms with E-state index in [4.69, 9.17) is 9.84 Å². The maximum absolute atomic E-state index is 9.05. The molecule has 1 aromatic rings. The summed E-state index contributed by atoms with van der Waals surface area (Å²) in [4.78, 5) is 0. The van der Waals surface area contributed by atoms with Crippen molar-refractivity contribution in [2.24, 2.45) is 0 Å². The van der Waals surface area contributed by atoms with Crippen molar-refractivity contribution in [1.29, 1.82) is 0 Å². The van der Waals surface area contributed by atoms with Crippen molar-refractivity contribution in [3.63, 3.8) is 0 Å². The van der Waals surface area contributed by atoms with Gasteiger partial charge in [-0.3, -0.25) is 0 Å². The van der Waals surface area contributed by atoms with Crippen molar-refractivity contribution in [3.8, 4) is 0 Å². The van der Waals surface area contributed by atoms with Crippen LogP contribution in [0, 0.1) is 0 Å². The topological polar surface area (TPSA) is 29.5 Å². The van der Waals surface area contributed by atoms with Gasteiger partial charge in [0.15, 0.2) is 0 Å². The Morgan fingerprint density at radius 3 is 2.67 bits per heavy atom. The molecule has 0 aliphatic heterocycles. The first-order chi connectivity index (χ1) is 7.36. The number of hydrogen-bond acceptors (Lipinski definition) is 2. The monoisotopic (exact) mass is 206 g/mol. The summed E-state index contributed by atoms with van der Waals surface area (Å²) < 4.78 is 5.54. The molecule has 0 bridgehead atoms. The highest BCUT2D eigenvalue weighted by atomic mass is 16.5. The molecule has 1 atom stereocenters. The first kappa shape index (κ1) is 12.0. The molecule has 1 rings (SSSR count). The number of ether oxygens (including phenoxy) is 1. The summed E-state index contributed by atoms with van der Waals surface area (Å²) in [6, 6.07) is 9.96. The van der Waals surface area contributed by atoms with E-state index in [1.165, 1.54) is 0 Å². The van der Waals surface area contributed by atoms with Crippen LogP contribution in [0.1, 0.15) is 18.9 Å². The van der Waals surface area contributed by atoms with E-state index >= 15 is 0 Å². The number of aliphatic hydroxyl groups is 1. The Bertz CT molecular complexity index is 280. The lowest BCUT2D eigenvalue weighted by Crippen LogP contribution is -2.14. The molecule has 1 aromatic carbocycles. The molecule has 2 nitrogen and oxygen atoms in total. The smallest absolute Gasteiger partial charge is 0.0991 e. The molecule has 0 aromatic heterocycles. The van der Waals surface area contributed by atoms with Gasteiger partial charge in [0.2, 0.25) is 0 Å². The quantitative estimate of drug-likeness (QED) is 0.725. The first-order valence-corrected chi connectivity index (χ1v) is 5.30. The maximum atomic E-state index is 9.05. The fourth-order valence-corrected chi connectivity index (χ4v) is 1.23. The number of benzene rings is 1. The molecule has 0 saturated heterocycles. The van der Waals surface area contributed by atoms with Crippen LogP contribution in [0.25, 0.3) is 0 Å². The molecule has 0 fully saturated rings. The fourth-order valence-electron chi connectivity index (χ4n) is 1.23. The maximum Gasteiger partial charge on any atom is 0.0991 e. The van der Waals surface area contributed by atoms with Crippen LogP contribution in [-0.4, -0.2) is 17.8 Å². The molecule has 1 N–H and O–H groups in total. The van der Waals surface area contributed by atoms with Gasteiger partial charge in [0, 0.05) is 0 Å². The summed E-state index contributed by atoms with van der Waals surface area (Å²) in [5.41, 5.74) is 1.13. The lowest BCUT2D eigenvalue weighted by atomic mass is 10.2. The van der Waals surface area contributed by atoms with E-state index in [-0.39, 0.29) is 12.7 Å². The third kappa shape index (κ3) is 4.77. The van der Waals surface area contributed by atoms with Gasteiger partial charge in [-0.15, -0.1) is 0 Å². The van der Waals surface area contributed by atoms with E-state index in [1.807, 2.05) is 42.5 Å². The van der Waals surface area contributed by atoms with Gasteiger partial charge in [-0.1, -0.05) is 49.4 Å². The molecule has 0 spiro atoms. The highest BCUT2D eigenvalue weighted by molar-refractivity contribution is 5.13. The van der Waals surface area contributed by atoms with E-state index in [0.717, 1.165) is 12.0 Å². The molecule has 0 aliphatic carbocycles. The van der Waals surface area contributed by atoms with Gasteiger partial charge in [0.25, 0.3) is 0 Å². The normalized spacial score (nSPS) is 13.2. The summed E-state index contributed by atoms with van der Waals surface area (Å²) in [6.07, 6.45) is 4.69. The van der Waals surface area contributed by atoms with Gasteiger partial charge in [0.05, 0.1) is 19.3 Å². The van der Waals surface area contributed by atoms with Gasteiger partial charge < -0.3 is 9.84 Å². The van der Waals surface area contributed by atoms with Crippen LogP contribution in [0.5, 0.6) is 0 Å². The van der Waals surface area contributed by atoms with Crippen LogP contribution in [0.15, 0.2) is 42.5 Å². The summed E-state index contributed by atoms with van der Waals surface area (Å²) in [5.74, 6) is 0. The van der Waals surface area contributed by atoms with Gasteiger partial charge in [0.1, 0.15) is 0 Å². The van der Waals surface area contributed by atoms with Crippen LogP contribution >= 0.6 is 0 Å². The minimum atomic E-state index is -0.190. The van der Waals surface area contributed by atoms with Gasteiger partial charge >= 0.3 is 0 Å². The number of rotatable bonds is 6. The lowest BCUT2D eigenvalue weighted by molar-refractivity contribution is 0.0320. The Morgan fingerprint density at radius 1 is 1.33 bits per heavy atom. The van der Waals surface area contributed by atoms with Crippen molar-refractivity contribution >= 4 is 0 Å². The second-order valence-corrected chi connectivity index (χ2v) is 3.35. The highest BCUT2D eigenvalue weighted by Gasteiger charge is 2.02. The number of allylic oxidation sites excluding steroid dienone is 1. The zero-order chi connectivity index (χ0) is 10.9. The van der Waals surface area contributed by atoms with Crippen LogP contribution in [0.3, 0.4) is 0 Å². The molecule has 0 saturated carbocycles. The zero-order valence-corrected chi connectivity index (χ0v) is 9.10. The predicted molar refractivity (Wildman–Crippen MR) is 61.5 cm³/mol. The highest BCUT2D eigenvalue weighted by Crippen LogP contribution is 2.04. The van der Waals surface area contributed by atoms with Crippen molar-refractivity contribution in [1.82, 2.24) is 0 Å². The van der Waals surface area contributed by atoms with Gasteiger partial charge in [-0.2, -0.15) is 0 Å². The largest absolute Gasteiger partial charge is 0.393 e. The molecular weight excluding hydrogens is 188 g/mol. The average Bonchev–Trinajstić information content (AvgIpc) is 2.31.